The molecule has 1 heteroatoms. The lowest BCUT2D eigenvalue weighted by molar-refractivity contribution is -0.0375. The van der Waals surface area contributed by atoms with Crippen LogP contribution in [0.3, 0.4) is 0 Å². The maximum atomic E-state index is 5.93. The summed E-state index contributed by atoms with van der Waals surface area (Å²) in [5, 5.41) is 0. The van der Waals surface area contributed by atoms with Crippen LogP contribution in [-0.4, -0.2) is 12.2 Å². The molecule has 0 aromatic rings. The maximum Gasteiger partial charge on any atom is 0.0758 e. The highest BCUT2D eigenvalue weighted by molar-refractivity contribution is 5.14. The van der Waals surface area contributed by atoms with Crippen LogP contribution in [0, 0.1) is 5.92 Å². The molecule has 84 valence electrons. The summed E-state index contributed by atoms with van der Waals surface area (Å²) in [7, 11) is 0. The van der Waals surface area contributed by atoms with E-state index in [1.165, 1.54) is 11.1 Å². The SMILES string of the molecule is C=C/C(C)=C/C[C@@H]1O[C@H](C)C(=C)C[C@@H]1C. The second-order valence-electron chi connectivity index (χ2n) is 4.54. The van der Waals surface area contributed by atoms with Gasteiger partial charge in [0.05, 0.1) is 12.2 Å². The van der Waals surface area contributed by atoms with Crippen LogP contribution in [0.1, 0.15) is 33.6 Å². The quantitative estimate of drug-likeness (QED) is 0.503. The first kappa shape index (κ1) is 12.3. The molecule has 0 aromatic heterocycles. The van der Waals surface area contributed by atoms with E-state index in [2.05, 4.69) is 40.0 Å². The molecule has 1 saturated heterocycles. The normalized spacial score (nSPS) is 32.9. The van der Waals surface area contributed by atoms with Crippen molar-refractivity contribution < 1.29 is 4.74 Å². The van der Waals surface area contributed by atoms with Gasteiger partial charge < -0.3 is 4.74 Å². The van der Waals surface area contributed by atoms with Gasteiger partial charge in [-0.15, -0.1) is 0 Å². The molecule has 0 unspecified atom stereocenters. The van der Waals surface area contributed by atoms with Crippen LogP contribution in [-0.2, 0) is 4.74 Å². The van der Waals surface area contributed by atoms with Crippen LogP contribution in [0.5, 0.6) is 0 Å². The molecule has 15 heavy (non-hydrogen) atoms. The number of allylic oxidation sites excluding steroid dienone is 2. The van der Waals surface area contributed by atoms with Crippen molar-refractivity contribution in [1.82, 2.24) is 0 Å². The first-order valence-corrected chi connectivity index (χ1v) is 5.67. The third-order valence-electron chi connectivity index (χ3n) is 3.17. The van der Waals surface area contributed by atoms with Crippen LogP contribution in [0.4, 0.5) is 0 Å². The standard InChI is InChI=1S/C14H22O/c1-6-10(2)7-8-14-12(4)9-11(3)13(5)15-14/h6-7,12-14H,1,3,8-9H2,2,4-5H3/b10-7+/t12-,13+,14-/m0/s1. The first-order valence-electron chi connectivity index (χ1n) is 5.67. The Labute approximate surface area is 93.5 Å². The lowest BCUT2D eigenvalue weighted by Crippen LogP contribution is -2.33. The second kappa shape index (κ2) is 5.32. The van der Waals surface area contributed by atoms with Crippen LogP contribution in [0.25, 0.3) is 0 Å². The van der Waals surface area contributed by atoms with Gasteiger partial charge in [-0.05, 0) is 38.2 Å². The molecule has 0 aromatic carbocycles. The summed E-state index contributed by atoms with van der Waals surface area (Å²) in [6, 6.07) is 0. The molecule has 1 heterocycles. The smallest absolute Gasteiger partial charge is 0.0758 e. The lowest BCUT2D eigenvalue weighted by Gasteiger charge is -2.34. The fourth-order valence-electron chi connectivity index (χ4n) is 1.88. The van der Waals surface area contributed by atoms with Crippen molar-refractivity contribution in [2.24, 2.45) is 5.92 Å². The highest BCUT2D eigenvalue weighted by Crippen LogP contribution is 2.30. The Morgan fingerprint density at radius 1 is 1.53 bits per heavy atom. The van der Waals surface area contributed by atoms with E-state index in [9.17, 15) is 0 Å². The van der Waals surface area contributed by atoms with Gasteiger partial charge in [-0.1, -0.05) is 37.8 Å². The zero-order valence-corrected chi connectivity index (χ0v) is 10.1. The van der Waals surface area contributed by atoms with Crippen molar-refractivity contribution in [3.63, 3.8) is 0 Å². The first-order chi connectivity index (χ1) is 7.04. The summed E-state index contributed by atoms with van der Waals surface area (Å²) in [5.41, 5.74) is 2.45. The molecule has 0 bridgehead atoms. The fraction of sp³-hybridized carbons (Fsp3) is 0.571. The molecule has 0 radical (unpaired) electrons. The number of hydrogen-bond donors (Lipinski definition) is 0. The van der Waals surface area contributed by atoms with Gasteiger partial charge >= 0.3 is 0 Å². The van der Waals surface area contributed by atoms with E-state index in [4.69, 9.17) is 4.74 Å². The minimum absolute atomic E-state index is 0.212. The summed E-state index contributed by atoms with van der Waals surface area (Å²) >= 11 is 0. The number of rotatable bonds is 3. The maximum absolute atomic E-state index is 5.93. The molecular formula is C14H22O. The molecule has 0 aliphatic carbocycles. The molecule has 1 rings (SSSR count). The predicted molar refractivity (Wildman–Crippen MR) is 65.8 cm³/mol. The molecular weight excluding hydrogens is 184 g/mol. The van der Waals surface area contributed by atoms with Crippen LogP contribution >= 0.6 is 0 Å². The van der Waals surface area contributed by atoms with Crippen LogP contribution < -0.4 is 0 Å². The van der Waals surface area contributed by atoms with Gasteiger partial charge in [0.15, 0.2) is 0 Å². The summed E-state index contributed by atoms with van der Waals surface area (Å²) in [6.07, 6.45) is 6.71. The molecule has 0 spiro atoms. The summed E-state index contributed by atoms with van der Waals surface area (Å²) in [6.45, 7) is 14.2. The van der Waals surface area contributed by atoms with E-state index in [1.807, 2.05) is 6.08 Å². The van der Waals surface area contributed by atoms with Crippen molar-refractivity contribution in [3.05, 3.63) is 36.5 Å². The predicted octanol–water partition coefficient (Wildman–Crippen LogP) is 3.88. The molecule has 1 aliphatic rings. The average molecular weight is 206 g/mol. The van der Waals surface area contributed by atoms with E-state index in [-0.39, 0.29) is 6.10 Å². The third-order valence-corrected chi connectivity index (χ3v) is 3.17. The van der Waals surface area contributed by atoms with E-state index in [0.717, 1.165) is 12.8 Å². The second-order valence-corrected chi connectivity index (χ2v) is 4.54. The Morgan fingerprint density at radius 2 is 2.20 bits per heavy atom. The Bertz CT molecular complexity index is 275. The topological polar surface area (TPSA) is 9.23 Å². The Morgan fingerprint density at radius 3 is 2.80 bits per heavy atom. The van der Waals surface area contributed by atoms with Crippen LogP contribution in [0.2, 0.25) is 0 Å². The van der Waals surface area contributed by atoms with Gasteiger partial charge in [0.25, 0.3) is 0 Å². The monoisotopic (exact) mass is 206 g/mol. The minimum Gasteiger partial charge on any atom is -0.370 e. The van der Waals surface area contributed by atoms with Gasteiger partial charge in [-0.3, -0.25) is 0 Å². The zero-order chi connectivity index (χ0) is 11.4. The fourth-order valence-corrected chi connectivity index (χ4v) is 1.88. The Kier molecular flexibility index (Phi) is 4.34. The van der Waals surface area contributed by atoms with E-state index >= 15 is 0 Å². The number of hydrogen-bond acceptors (Lipinski definition) is 1. The molecule has 0 N–H and O–H groups in total. The van der Waals surface area contributed by atoms with Crippen molar-refractivity contribution >= 4 is 0 Å². The largest absolute Gasteiger partial charge is 0.370 e. The van der Waals surface area contributed by atoms with Gasteiger partial charge in [0.2, 0.25) is 0 Å². The lowest BCUT2D eigenvalue weighted by atomic mass is 9.89. The minimum atomic E-state index is 0.212. The van der Waals surface area contributed by atoms with Crippen molar-refractivity contribution in [2.75, 3.05) is 0 Å². The molecule has 3 atom stereocenters. The third kappa shape index (κ3) is 3.35. The van der Waals surface area contributed by atoms with E-state index in [1.54, 1.807) is 0 Å². The molecule has 1 aliphatic heterocycles. The zero-order valence-electron chi connectivity index (χ0n) is 10.1. The average Bonchev–Trinajstić information content (AvgIpc) is 2.21. The highest BCUT2D eigenvalue weighted by Gasteiger charge is 2.27. The number of ether oxygens (including phenoxy) is 1. The summed E-state index contributed by atoms with van der Waals surface area (Å²) in [4.78, 5) is 0. The molecule has 0 amide bonds. The van der Waals surface area contributed by atoms with Crippen molar-refractivity contribution in [2.45, 2.75) is 45.8 Å². The van der Waals surface area contributed by atoms with E-state index < -0.39 is 0 Å². The van der Waals surface area contributed by atoms with Gasteiger partial charge in [-0.2, -0.15) is 0 Å². The molecule has 1 fully saturated rings. The highest BCUT2D eigenvalue weighted by atomic mass is 16.5. The van der Waals surface area contributed by atoms with Gasteiger partial charge in [0.1, 0.15) is 0 Å². The summed E-state index contributed by atoms with van der Waals surface area (Å²) in [5.74, 6) is 0.572. The molecule has 0 saturated carbocycles. The van der Waals surface area contributed by atoms with Gasteiger partial charge in [0, 0.05) is 0 Å². The van der Waals surface area contributed by atoms with Crippen molar-refractivity contribution in [1.29, 1.82) is 0 Å². The Hall–Kier alpha value is -0.820. The van der Waals surface area contributed by atoms with Gasteiger partial charge in [-0.25, -0.2) is 0 Å². The van der Waals surface area contributed by atoms with E-state index in [0.29, 0.717) is 12.0 Å². The van der Waals surface area contributed by atoms with Crippen LogP contribution in [0.15, 0.2) is 36.5 Å². The summed E-state index contributed by atoms with van der Waals surface area (Å²) < 4.78 is 5.93. The van der Waals surface area contributed by atoms with Crippen molar-refractivity contribution in [3.8, 4) is 0 Å². The Balaban J connectivity index is 2.55. The molecule has 1 nitrogen and oxygen atoms in total.